The zero-order valence-corrected chi connectivity index (χ0v) is 13.0. The maximum absolute atomic E-state index is 13.8. The standard InChI is InChI=1S/C16H16BrF2N/c1-3-11-4-6-12(7-5-11)10(2)20-16-14(18)8-13(17)9-15(16)19/h4-10,20H,3H2,1-2H3. The fourth-order valence-electron chi connectivity index (χ4n) is 2.02. The van der Waals surface area contributed by atoms with E-state index in [2.05, 4.69) is 28.2 Å². The number of rotatable bonds is 4. The van der Waals surface area contributed by atoms with Crippen LogP contribution >= 0.6 is 15.9 Å². The van der Waals surface area contributed by atoms with E-state index in [0.29, 0.717) is 4.47 Å². The van der Waals surface area contributed by atoms with E-state index in [4.69, 9.17) is 0 Å². The van der Waals surface area contributed by atoms with Crippen LogP contribution in [-0.2, 0) is 6.42 Å². The van der Waals surface area contributed by atoms with Gasteiger partial charge in [-0.3, -0.25) is 0 Å². The molecule has 2 aromatic carbocycles. The SMILES string of the molecule is CCc1ccc(C(C)Nc2c(F)cc(Br)cc2F)cc1. The van der Waals surface area contributed by atoms with Crippen molar-refractivity contribution in [3.05, 3.63) is 63.6 Å². The molecule has 0 saturated heterocycles. The highest BCUT2D eigenvalue weighted by molar-refractivity contribution is 9.10. The second kappa shape index (κ2) is 6.35. The second-order valence-corrected chi connectivity index (χ2v) is 5.62. The van der Waals surface area contributed by atoms with E-state index in [1.807, 2.05) is 31.2 Å². The highest BCUT2D eigenvalue weighted by Crippen LogP contribution is 2.27. The summed E-state index contributed by atoms with van der Waals surface area (Å²) in [6.07, 6.45) is 0.970. The van der Waals surface area contributed by atoms with Gasteiger partial charge in [0.1, 0.15) is 17.3 Å². The lowest BCUT2D eigenvalue weighted by Crippen LogP contribution is -2.09. The van der Waals surface area contributed by atoms with E-state index < -0.39 is 11.6 Å². The van der Waals surface area contributed by atoms with Gasteiger partial charge in [0.05, 0.1) is 0 Å². The van der Waals surface area contributed by atoms with Gasteiger partial charge in [-0.25, -0.2) is 8.78 Å². The first-order chi connectivity index (χ1) is 9.51. The van der Waals surface area contributed by atoms with E-state index in [1.165, 1.54) is 17.7 Å². The van der Waals surface area contributed by atoms with Gasteiger partial charge in [-0.2, -0.15) is 0 Å². The van der Waals surface area contributed by atoms with Crippen LogP contribution in [0.4, 0.5) is 14.5 Å². The lowest BCUT2D eigenvalue weighted by molar-refractivity contribution is 0.583. The number of nitrogens with one attached hydrogen (secondary N) is 1. The molecule has 2 rings (SSSR count). The van der Waals surface area contributed by atoms with Crippen molar-refractivity contribution in [2.75, 3.05) is 5.32 Å². The van der Waals surface area contributed by atoms with Crippen molar-refractivity contribution in [1.29, 1.82) is 0 Å². The minimum absolute atomic E-state index is 0.0970. The molecule has 0 aromatic heterocycles. The van der Waals surface area contributed by atoms with E-state index in [-0.39, 0.29) is 11.7 Å². The molecule has 0 fully saturated rings. The Hall–Kier alpha value is -1.42. The smallest absolute Gasteiger partial charge is 0.150 e. The van der Waals surface area contributed by atoms with E-state index in [0.717, 1.165) is 12.0 Å². The zero-order chi connectivity index (χ0) is 14.7. The fourth-order valence-corrected chi connectivity index (χ4v) is 2.42. The van der Waals surface area contributed by atoms with Crippen molar-refractivity contribution >= 4 is 21.6 Å². The molecule has 1 atom stereocenters. The number of anilines is 1. The highest BCUT2D eigenvalue weighted by Gasteiger charge is 2.14. The van der Waals surface area contributed by atoms with Gasteiger partial charge >= 0.3 is 0 Å². The van der Waals surface area contributed by atoms with Crippen LogP contribution in [0.3, 0.4) is 0 Å². The predicted octanol–water partition coefficient (Wildman–Crippen LogP) is 5.46. The van der Waals surface area contributed by atoms with Gasteiger partial charge in [0, 0.05) is 10.5 Å². The average Bonchev–Trinajstić information content (AvgIpc) is 2.42. The summed E-state index contributed by atoms with van der Waals surface area (Å²) in [5, 5.41) is 2.89. The molecule has 0 aliphatic heterocycles. The Bertz CT molecular complexity index is 573. The third-order valence-corrected chi connectivity index (χ3v) is 3.71. The van der Waals surface area contributed by atoms with Crippen LogP contribution in [0.1, 0.15) is 31.0 Å². The summed E-state index contributed by atoms with van der Waals surface area (Å²) in [7, 11) is 0. The first kappa shape index (κ1) is 15.0. The molecule has 0 amide bonds. The molecule has 1 unspecified atom stereocenters. The first-order valence-electron chi connectivity index (χ1n) is 6.51. The summed E-state index contributed by atoms with van der Waals surface area (Å²) in [5.41, 5.74) is 2.13. The molecular weight excluding hydrogens is 324 g/mol. The summed E-state index contributed by atoms with van der Waals surface area (Å²) in [6, 6.07) is 10.3. The third-order valence-electron chi connectivity index (χ3n) is 3.26. The van der Waals surface area contributed by atoms with Crippen LogP contribution in [0.5, 0.6) is 0 Å². The topological polar surface area (TPSA) is 12.0 Å². The molecule has 0 spiro atoms. The molecule has 0 saturated carbocycles. The molecular formula is C16H16BrF2N. The molecule has 4 heteroatoms. The molecule has 0 aliphatic rings. The number of benzene rings is 2. The Morgan fingerprint density at radius 2 is 1.65 bits per heavy atom. The Morgan fingerprint density at radius 3 is 2.15 bits per heavy atom. The van der Waals surface area contributed by atoms with Gasteiger partial charge in [0.2, 0.25) is 0 Å². The van der Waals surface area contributed by atoms with Gasteiger partial charge in [-0.1, -0.05) is 47.1 Å². The number of halogens is 3. The van der Waals surface area contributed by atoms with Gasteiger partial charge in [0.25, 0.3) is 0 Å². The monoisotopic (exact) mass is 339 g/mol. The van der Waals surface area contributed by atoms with Gasteiger partial charge < -0.3 is 5.32 Å². The van der Waals surface area contributed by atoms with Gasteiger partial charge in [0.15, 0.2) is 0 Å². The second-order valence-electron chi connectivity index (χ2n) is 4.71. The number of aryl methyl sites for hydroxylation is 1. The van der Waals surface area contributed by atoms with Crippen molar-refractivity contribution in [2.45, 2.75) is 26.3 Å². The van der Waals surface area contributed by atoms with Crippen molar-refractivity contribution in [3.63, 3.8) is 0 Å². The largest absolute Gasteiger partial charge is 0.374 e. The lowest BCUT2D eigenvalue weighted by Gasteiger charge is -2.17. The third kappa shape index (κ3) is 3.37. The minimum Gasteiger partial charge on any atom is -0.374 e. The lowest BCUT2D eigenvalue weighted by atomic mass is 10.0. The first-order valence-corrected chi connectivity index (χ1v) is 7.30. The predicted molar refractivity (Wildman–Crippen MR) is 81.9 cm³/mol. The normalized spacial score (nSPS) is 12.2. The Labute approximate surface area is 126 Å². The molecule has 1 N–H and O–H groups in total. The molecule has 106 valence electrons. The summed E-state index contributed by atoms with van der Waals surface area (Å²) >= 11 is 3.07. The summed E-state index contributed by atoms with van der Waals surface area (Å²) in [6.45, 7) is 3.96. The Morgan fingerprint density at radius 1 is 1.10 bits per heavy atom. The number of hydrogen-bond acceptors (Lipinski definition) is 1. The van der Waals surface area contributed by atoms with Crippen LogP contribution in [0.25, 0.3) is 0 Å². The van der Waals surface area contributed by atoms with E-state index in [1.54, 1.807) is 0 Å². The van der Waals surface area contributed by atoms with Crippen molar-refractivity contribution in [1.82, 2.24) is 0 Å². The summed E-state index contributed by atoms with van der Waals surface area (Å²) in [5.74, 6) is -1.21. The van der Waals surface area contributed by atoms with Crippen LogP contribution < -0.4 is 5.32 Å². The molecule has 0 bridgehead atoms. The van der Waals surface area contributed by atoms with Crippen molar-refractivity contribution < 1.29 is 8.78 Å². The van der Waals surface area contributed by atoms with Crippen molar-refractivity contribution in [3.8, 4) is 0 Å². The number of hydrogen-bond donors (Lipinski definition) is 1. The highest BCUT2D eigenvalue weighted by atomic mass is 79.9. The van der Waals surface area contributed by atoms with Crippen LogP contribution in [-0.4, -0.2) is 0 Å². The van der Waals surface area contributed by atoms with E-state index >= 15 is 0 Å². The minimum atomic E-state index is -0.603. The maximum atomic E-state index is 13.8. The molecule has 0 aliphatic carbocycles. The van der Waals surface area contributed by atoms with Crippen molar-refractivity contribution in [2.24, 2.45) is 0 Å². The quantitative estimate of drug-likeness (QED) is 0.779. The van der Waals surface area contributed by atoms with Crippen LogP contribution in [0.15, 0.2) is 40.9 Å². The van der Waals surface area contributed by atoms with E-state index in [9.17, 15) is 8.78 Å². The van der Waals surface area contributed by atoms with Gasteiger partial charge in [-0.05, 0) is 36.6 Å². The zero-order valence-electron chi connectivity index (χ0n) is 11.4. The molecule has 20 heavy (non-hydrogen) atoms. The summed E-state index contributed by atoms with van der Waals surface area (Å²) < 4.78 is 27.9. The molecule has 0 radical (unpaired) electrons. The Balaban J connectivity index is 2.20. The molecule has 1 nitrogen and oxygen atoms in total. The van der Waals surface area contributed by atoms with Crippen LogP contribution in [0, 0.1) is 11.6 Å². The van der Waals surface area contributed by atoms with Gasteiger partial charge in [-0.15, -0.1) is 0 Å². The average molecular weight is 340 g/mol. The fraction of sp³-hybridized carbons (Fsp3) is 0.250. The molecule has 2 aromatic rings. The van der Waals surface area contributed by atoms with Crippen LogP contribution in [0.2, 0.25) is 0 Å². The summed E-state index contributed by atoms with van der Waals surface area (Å²) in [4.78, 5) is 0. The Kier molecular flexibility index (Phi) is 4.76. The maximum Gasteiger partial charge on any atom is 0.150 e. The molecule has 0 heterocycles.